The molecule has 0 aliphatic heterocycles. The van der Waals surface area contributed by atoms with E-state index in [1.54, 1.807) is 34.3 Å². The van der Waals surface area contributed by atoms with Gasteiger partial charge in [-0.1, -0.05) is 41.7 Å². The molecule has 0 atom stereocenters. The first kappa shape index (κ1) is 19.7. The largest absolute Gasteiger partial charge is 0.467 e. The minimum absolute atomic E-state index is 0.0369. The number of amides is 1. The van der Waals surface area contributed by atoms with E-state index >= 15 is 0 Å². The van der Waals surface area contributed by atoms with Gasteiger partial charge in [-0.25, -0.2) is 4.98 Å². The van der Waals surface area contributed by atoms with E-state index in [-0.39, 0.29) is 5.91 Å². The Morgan fingerprint density at radius 3 is 2.66 bits per heavy atom. The van der Waals surface area contributed by atoms with E-state index in [1.807, 2.05) is 30.3 Å². The number of rotatable bonds is 7. The maximum Gasteiger partial charge on any atom is 0.239 e. The lowest BCUT2D eigenvalue weighted by Gasteiger charge is -2.18. The van der Waals surface area contributed by atoms with Crippen molar-refractivity contribution < 1.29 is 9.21 Å². The van der Waals surface area contributed by atoms with Gasteiger partial charge in [-0.3, -0.25) is 9.69 Å². The molecule has 0 saturated carbocycles. The molecule has 4 aromatic rings. The summed E-state index contributed by atoms with van der Waals surface area (Å²) in [4.78, 5) is 19.6. The zero-order chi connectivity index (χ0) is 20.2. The van der Waals surface area contributed by atoms with Crippen molar-refractivity contribution in [1.82, 2.24) is 4.98 Å². The van der Waals surface area contributed by atoms with E-state index in [4.69, 9.17) is 9.40 Å². The first-order chi connectivity index (χ1) is 14.1. The first-order valence-electron chi connectivity index (χ1n) is 9.42. The van der Waals surface area contributed by atoms with Crippen molar-refractivity contribution in [2.24, 2.45) is 0 Å². The molecule has 4 nitrogen and oxygen atoms in total. The summed E-state index contributed by atoms with van der Waals surface area (Å²) in [5.74, 6) is 1.98. The Kier molecular flexibility index (Phi) is 6.02. The third-order valence-electron chi connectivity index (χ3n) is 4.76. The van der Waals surface area contributed by atoms with Gasteiger partial charge >= 0.3 is 0 Å². The smallest absolute Gasteiger partial charge is 0.239 e. The highest BCUT2D eigenvalue weighted by Gasteiger charge is 2.21. The average Bonchev–Trinajstić information content (AvgIpc) is 3.37. The van der Waals surface area contributed by atoms with Crippen LogP contribution < -0.4 is 4.90 Å². The van der Waals surface area contributed by atoms with Gasteiger partial charge in [-0.15, -0.1) is 11.8 Å². The molecule has 2 aromatic heterocycles. The van der Waals surface area contributed by atoms with Gasteiger partial charge in [-0.05, 0) is 54.8 Å². The van der Waals surface area contributed by atoms with Crippen molar-refractivity contribution in [1.29, 1.82) is 0 Å². The third-order valence-corrected chi connectivity index (χ3v) is 6.79. The van der Waals surface area contributed by atoms with Crippen LogP contribution in [0, 0.1) is 13.8 Å². The Hall–Kier alpha value is -2.57. The number of thiazole rings is 1. The fourth-order valence-electron chi connectivity index (χ4n) is 3.01. The number of aryl methyl sites for hydroxylation is 2. The number of hydrogen-bond donors (Lipinski definition) is 0. The number of carbonyl (C=O) groups is 1. The zero-order valence-corrected chi connectivity index (χ0v) is 18.1. The van der Waals surface area contributed by atoms with Crippen LogP contribution in [0.25, 0.3) is 10.2 Å². The average molecular weight is 423 g/mol. The maximum atomic E-state index is 13.1. The van der Waals surface area contributed by atoms with Gasteiger partial charge in [-0.2, -0.15) is 0 Å². The number of aromatic nitrogens is 1. The van der Waals surface area contributed by atoms with Crippen molar-refractivity contribution in [2.75, 3.05) is 10.7 Å². The molecule has 0 aliphatic carbocycles. The van der Waals surface area contributed by atoms with Gasteiger partial charge in [0.2, 0.25) is 5.91 Å². The Morgan fingerprint density at radius 2 is 1.90 bits per heavy atom. The molecule has 2 heterocycles. The maximum absolute atomic E-state index is 13.1. The molecule has 0 N–H and O–H groups in total. The van der Waals surface area contributed by atoms with E-state index < -0.39 is 0 Å². The van der Waals surface area contributed by atoms with Crippen molar-refractivity contribution in [2.45, 2.75) is 26.1 Å². The van der Waals surface area contributed by atoms with E-state index in [2.05, 4.69) is 38.1 Å². The summed E-state index contributed by atoms with van der Waals surface area (Å²) < 4.78 is 6.59. The minimum Gasteiger partial charge on any atom is -0.467 e. The topological polar surface area (TPSA) is 46.3 Å². The van der Waals surface area contributed by atoms with E-state index in [9.17, 15) is 4.79 Å². The number of anilines is 1. The van der Waals surface area contributed by atoms with Crippen LogP contribution in [-0.2, 0) is 17.1 Å². The van der Waals surface area contributed by atoms with Crippen LogP contribution in [-0.4, -0.2) is 16.6 Å². The zero-order valence-electron chi connectivity index (χ0n) is 16.4. The van der Waals surface area contributed by atoms with Crippen molar-refractivity contribution in [3.63, 3.8) is 0 Å². The van der Waals surface area contributed by atoms with Gasteiger partial charge in [0.15, 0.2) is 5.13 Å². The number of carbonyl (C=O) groups excluding carboxylic acids is 1. The molecule has 0 spiro atoms. The highest BCUT2D eigenvalue weighted by molar-refractivity contribution is 7.99. The van der Waals surface area contributed by atoms with Gasteiger partial charge in [0.05, 0.1) is 28.8 Å². The third kappa shape index (κ3) is 4.71. The van der Waals surface area contributed by atoms with Gasteiger partial charge in [0, 0.05) is 5.75 Å². The Morgan fingerprint density at radius 1 is 1.10 bits per heavy atom. The molecule has 0 radical (unpaired) electrons. The lowest BCUT2D eigenvalue weighted by Crippen LogP contribution is -2.31. The molecule has 6 heteroatoms. The van der Waals surface area contributed by atoms with Gasteiger partial charge in [0.1, 0.15) is 5.76 Å². The number of nitrogens with zero attached hydrogens (tertiary/aromatic N) is 2. The predicted molar refractivity (Wildman–Crippen MR) is 122 cm³/mol. The lowest BCUT2D eigenvalue weighted by molar-refractivity contribution is -0.116. The highest BCUT2D eigenvalue weighted by Crippen LogP contribution is 2.32. The monoisotopic (exact) mass is 422 g/mol. The normalized spacial score (nSPS) is 11.1. The summed E-state index contributed by atoms with van der Waals surface area (Å²) in [5, 5.41) is 0.715. The molecular formula is C23H22N2O2S2. The standard InChI is InChI=1S/C23H22N2O2S2/c1-16-11-20-21(12-17(16)2)29-23(24-20)25(13-19-9-6-10-27-19)22(26)15-28-14-18-7-4-3-5-8-18/h3-12H,13-15H2,1-2H3. The molecule has 0 fully saturated rings. The highest BCUT2D eigenvalue weighted by atomic mass is 32.2. The molecule has 4 rings (SSSR count). The molecular weight excluding hydrogens is 400 g/mol. The van der Waals surface area contributed by atoms with E-state index in [1.165, 1.54) is 16.7 Å². The summed E-state index contributed by atoms with van der Waals surface area (Å²) in [6, 6.07) is 18.2. The van der Waals surface area contributed by atoms with Crippen LogP contribution >= 0.6 is 23.1 Å². The van der Waals surface area contributed by atoms with Crippen LogP contribution in [0.1, 0.15) is 22.5 Å². The molecule has 2 aromatic carbocycles. The molecule has 0 saturated heterocycles. The Balaban J connectivity index is 1.55. The molecule has 148 valence electrons. The predicted octanol–water partition coefficient (Wildman–Crippen LogP) is 5.97. The second-order valence-electron chi connectivity index (χ2n) is 6.94. The molecule has 1 amide bonds. The second kappa shape index (κ2) is 8.84. The fraction of sp³-hybridized carbons (Fsp3) is 0.217. The number of furan rings is 1. The quantitative estimate of drug-likeness (QED) is 0.368. The van der Waals surface area contributed by atoms with Crippen molar-refractivity contribution in [3.05, 3.63) is 83.3 Å². The van der Waals surface area contributed by atoms with Crippen molar-refractivity contribution in [3.8, 4) is 0 Å². The van der Waals surface area contributed by atoms with E-state index in [0.29, 0.717) is 17.4 Å². The summed E-state index contributed by atoms with van der Waals surface area (Å²) in [6.45, 7) is 4.56. The van der Waals surface area contributed by atoms with Crippen LogP contribution in [0.3, 0.4) is 0 Å². The van der Waals surface area contributed by atoms with E-state index in [0.717, 1.165) is 21.7 Å². The first-order valence-corrected chi connectivity index (χ1v) is 11.4. The van der Waals surface area contributed by atoms with Gasteiger partial charge in [0.25, 0.3) is 0 Å². The van der Waals surface area contributed by atoms with Crippen LogP contribution in [0.5, 0.6) is 0 Å². The summed E-state index contributed by atoms with van der Waals surface area (Å²) in [7, 11) is 0. The minimum atomic E-state index is 0.0369. The molecule has 29 heavy (non-hydrogen) atoms. The van der Waals surface area contributed by atoms with Crippen LogP contribution in [0.4, 0.5) is 5.13 Å². The number of thioether (sulfide) groups is 1. The fourth-order valence-corrected chi connectivity index (χ4v) is 4.94. The summed E-state index contributed by atoms with van der Waals surface area (Å²) in [5.41, 5.74) is 4.59. The lowest BCUT2D eigenvalue weighted by atomic mass is 10.1. The Bertz CT molecular complexity index is 1070. The van der Waals surface area contributed by atoms with Crippen LogP contribution in [0.2, 0.25) is 0 Å². The molecule has 0 aliphatic rings. The molecule has 0 bridgehead atoms. The van der Waals surface area contributed by atoms with Crippen molar-refractivity contribution >= 4 is 44.4 Å². The number of benzene rings is 2. The SMILES string of the molecule is Cc1cc2nc(N(Cc3ccco3)C(=O)CSCc3ccccc3)sc2cc1C. The number of fused-ring (bicyclic) bond motifs is 1. The van der Waals surface area contributed by atoms with Gasteiger partial charge < -0.3 is 4.42 Å². The molecule has 0 unspecified atom stereocenters. The summed E-state index contributed by atoms with van der Waals surface area (Å²) in [6.07, 6.45) is 1.63. The summed E-state index contributed by atoms with van der Waals surface area (Å²) >= 11 is 3.17. The number of hydrogen-bond acceptors (Lipinski definition) is 5. The van der Waals surface area contributed by atoms with Crippen LogP contribution in [0.15, 0.2) is 65.3 Å². The Labute approximate surface area is 178 Å². The second-order valence-corrected chi connectivity index (χ2v) is 8.93.